The normalized spacial score (nSPS) is 13.6. The van der Waals surface area contributed by atoms with Crippen LogP contribution in [0.3, 0.4) is 0 Å². The summed E-state index contributed by atoms with van der Waals surface area (Å²) in [5.41, 5.74) is 0. The first-order valence-corrected chi connectivity index (χ1v) is 27.7. The van der Waals surface area contributed by atoms with Crippen LogP contribution in [0.4, 0.5) is 0 Å². The Hall–Kier alpha value is -4.74. The molecule has 0 aromatic carbocycles. The first-order valence-electron chi connectivity index (χ1n) is 27.7. The van der Waals surface area contributed by atoms with Crippen molar-refractivity contribution in [1.82, 2.24) is 0 Å². The largest absolute Gasteiger partial charge is 0.462 e. The van der Waals surface area contributed by atoms with E-state index in [1.807, 2.05) is 0 Å². The fourth-order valence-electron chi connectivity index (χ4n) is 6.93. The number of unbranched alkanes of at least 4 members (excludes halogenated alkanes) is 12. The summed E-state index contributed by atoms with van der Waals surface area (Å²) in [6, 6.07) is 0. The Morgan fingerprint density at radius 1 is 0.329 bits per heavy atom. The highest BCUT2D eigenvalue weighted by atomic mass is 16.6. The molecule has 0 aliphatic rings. The molecule has 1 N–H and O–H groups in total. The van der Waals surface area contributed by atoms with Gasteiger partial charge in [-0.05, 0) is 128 Å². The van der Waals surface area contributed by atoms with Crippen molar-refractivity contribution >= 4 is 11.9 Å². The van der Waals surface area contributed by atoms with E-state index >= 15 is 0 Å². The molecule has 0 heterocycles. The lowest BCUT2D eigenvalue weighted by atomic mass is 10.1. The van der Waals surface area contributed by atoms with Crippen LogP contribution in [0.2, 0.25) is 0 Å². The second-order valence-corrected chi connectivity index (χ2v) is 17.5. The van der Waals surface area contributed by atoms with Crippen LogP contribution in [-0.4, -0.2) is 36.4 Å². The molecule has 0 saturated carbocycles. The van der Waals surface area contributed by atoms with Crippen LogP contribution in [-0.2, 0) is 19.1 Å². The van der Waals surface area contributed by atoms with Gasteiger partial charge in [-0.1, -0.05) is 235 Å². The quantitative estimate of drug-likeness (QED) is 0.0374. The van der Waals surface area contributed by atoms with Gasteiger partial charge >= 0.3 is 11.9 Å². The second-order valence-electron chi connectivity index (χ2n) is 17.5. The molecule has 0 aliphatic carbocycles. The Labute approximate surface area is 430 Å². The fraction of sp³-hybridized carbons (Fsp3) is 0.538. The van der Waals surface area contributed by atoms with E-state index in [1.54, 1.807) is 0 Å². The Bertz CT molecular complexity index is 1600. The fourth-order valence-corrected chi connectivity index (χ4v) is 6.93. The molecule has 1 atom stereocenters. The maximum absolute atomic E-state index is 12.3. The van der Waals surface area contributed by atoms with E-state index in [4.69, 9.17) is 9.47 Å². The Kier molecular flexibility index (Phi) is 54.6. The van der Waals surface area contributed by atoms with Crippen LogP contribution >= 0.6 is 0 Å². The van der Waals surface area contributed by atoms with Gasteiger partial charge in [0.1, 0.15) is 6.61 Å². The van der Waals surface area contributed by atoms with Gasteiger partial charge in [-0.25, -0.2) is 0 Å². The standard InChI is InChI=1S/C65H100O5/c1-3-5-7-9-11-13-15-17-19-21-23-25-27-29-31-32-34-35-37-39-41-43-45-47-49-51-53-55-57-59-64(67)69-62-63(61-66)70-65(68)60-58-56-54-52-50-48-46-44-42-40-38-36-33-30-28-26-24-22-20-18-16-14-12-10-8-6-4-2/h5-8,11-14,17-20,23-26,29-31,33-35,38,40,44,46,50,52,63,66H,3-4,9-10,15-16,21-22,27-28,32,36-37,39,41-43,45,47-49,51,53-62H2,1-2H3/b7-5-,8-6-,13-11-,14-12-,19-17-,20-18-,25-23-,26-24-,31-29-,33-30-,35-34-,40-38-,46-44-,52-50-. The van der Waals surface area contributed by atoms with Crippen molar-refractivity contribution in [2.75, 3.05) is 13.2 Å². The van der Waals surface area contributed by atoms with Gasteiger partial charge < -0.3 is 14.6 Å². The minimum Gasteiger partial charge on any atom is -0.462 e. The zero-order chi connectivity index (χ0) is 50.6. The SMILES string of the molecule is CC/C=C\C/C=C\C/C=C\C/C=C\C/C=C\C/C=C\C/C=C\C/C=C\CCCCC(=O)OC(CO)COC(=O)CCCCCCCCCCCC/C=C\C/C=C\C/C=C\C/C=C\C/C=C\C/C=C\CC. The van der Waals surface area contributed by atoms with Crippen molar-refractivity contribution in [3.8, 4) is 0 Å². The molecule has 0 aliphatic heterocycles. The summed E-state index contributed by atoms with van der Waals surface area (Å²) in [5, 5.41) is 9.65. The van der Waals surface area contributed by atoms with Crippen molar-refractivity contribution in [3.05, 3.63) is 170 Å². The molecule has 0 radical (unpaired) electrons. The predicted octanol–water partition coefficient (Wildman–Crippen LogP) is 19.0. The first kappa shape index (κ1) is 65.3. The molecular weight excluding hydrogens is 861 g/mol. The number of allylic oxidation sites excluding steroid dienone is 28. The third-order valence-corrected chi connectivity index (χ3v) is 11.0. The van der Waals surface area contributed by atoms with E-state index in [0.717, 1.165) is 122 Å². The Morgan fingerprint density at radius 2 is 0.571 bits per heavy atom. The molecule has 0 fully saturated rings. The van der Waals surface area contributed by atoms with E-state index in [9.17, 15) is 14.7 Å². The smallest absolute Gasteiger partial charge is 0.306 e. The summed E-state index contributed by atoms with van der Waals surface area (Å²) >= 11 is 0. The average molecular weight is 962 g/mol. The van der Waals surface area contributed by atoms with Crippen molar-refractivity contribution in [2.24, 2.45) is 0 Å². The number of carbonyl (C=O) groups excluding carboxylic acids is 2. The van der Waals surface area contributed by atoms with Crippen LogP contribution < -0.4 is 0 Å². The zero-order valence-corrected chi connectivity index (χ0v) is 44.5. The summed E-state index contributed by atoms with van der Waals surface area (Å²) in [5.74, 6) is -0.661. The highest BCUT2D eigenvalue weighted by Gasteiger charge is 2.16. The lowest BCUT2D eigenvalue weighted by Crippen LogP contribution is -2.28. The van der Waals surface area contributed by atoms with E-state index in [1.165, 1.54) is 51.4 Å². The number of aliphatic hydroxyl groups is 1. The maximum atomic E-state index is 12.3. The number of esters is 2. The van der Waals surface area contributed by atoms with Crippen molar-refractivity contribution in [1.29, 1.82) is 0 Å². The second kappa shape index (κ2) is 58.6. The van der Waals surface area contributed by atoms with Crippen molar-refractivity contribution in [2.45, 2.75) is 213 Å². The molecule has 0 spiro atoms. The lowest BCUT2D eigenvalue weighted by molar-refractivity contribution is -0.161. The maximum Gasteiger partial charge on any atom is 0.306 e. The van der Waals surface area contributed by atoms with Gasteiger partial charge in [-0.3, -0.25) is 9.59 Å². The third kappa shape index (κ3) is 55.9. The Morgan fingerprint density at radius 3 is 0.886 bits per heavy atom. The molecule has 0 saturated heterocycles. The molecule has 1 unspecified atom stereocenters. The van der Waals surface area contributed by atoms with Crippen LogP contribution in [0, 0.1) is 0 Å². The minimum atomic E-state index is -0.812. The number of aliphatic hydroxyl groups excluding tert-OH is 1. The van der Waals surface area contributed by atoms with E-state index in [2.05, 4.69) is 184 Å². The van der Waals surface area contributed by atoms with Crippen LogP contribution in [0.1, 0.15) is 206 Å². The first-order chi connectivity index (χ1) is 34.6. The van der Waals surface area contributed by atoms with Gasteiger partial charge in [-0.2, -0.15) is 0 Å². The number of ether oxygens (including phenoxy) is 2. The molecule has 0 bridgehead atoms. The molecular formula is C65H100O5. The molecule has 5 nitrogen and oxygen atoms in total. The van der Waals surface area contributed by atoms with Crippen molar-refractivity contribution < 1.29 is 24.2 Å². The molecule has 70 heavy (non-hydrogen) atoms. The van der Waals surface area contributed by atoms with Crippen LogP contribution in [0.25, 0.3) is 0 Å². The molecule has 5 heteroatoms. The van der Waals surface area contributed by atoms with E-state index in [-0.39, 0.29) is 31.6 Å². The molecule has 0 aromatic rings. The highest BCUT2D eigenvalue weighted by Crippen LogP contribution is 2.13. The summed E-state index contributed by atoms with van der Waals surface area (Å²) in [6.45, 7) is 3.86. The summed E-state index contributed by atoms with van der Waals surface area (Å²) in [7, 11) is 0. The average Bonchev–Trinajstić information content (AvgIpc) is 3.36. The molecule has 0 amide bonds. The molecule has 0 aromatic heterocycles. The van der Waals surface area contributed by atoms with Gasteiger partial charge in [0.2, 0.25) is 0 Å². The summed E-state index contributed by atoms with van der Waals surface area (Å²) < 4.78 is 10.7. The number of rotatable bonds is 48. The topological polar surface area (TPSA) is 72.8 Å². The van der Waals surface area contributed by atoms with Crippen LogP contribution in [0.5, 0.6) is 0 Å². The van der Waals surface area contributed by atoms with Crippen molar-refractivity contribution in [3.63, 3.8) is 0 Å². The molecule has 0 rings (SSSR count). The number of carbonyl (C=O) groups is 2. The van der Waals surface area contributed by atoms with Gasteiger partial charge in [0.05, 0.1) is 6.61 Å². The Balaban J connectivity index is 3.67. The van der Waals surface area contributed by atoms with E-state index < -0.39 is 6.10 Å². The minimum absolute atomic E-state index is 0.0984. The van der Waals surface area contributed by atoms with Crippen LogP contribution in [0.15, 0.2) is 170 Å². The van der Waals surface area contributed by atoms with Gasteiger partial charge in [0, 0.05) is 12.8 Å². The summed E-state index contributed by atoms with van der Waals surface area (Å²) in [4.78, 5) is 24.5. The number of hydrogen-bond acceptors (Lipinski definition) is 5. The van der Waals surface area contributed by atoms with Gasteiger partial charge in [-0.15, -0.1) is 0 Å². The summed E-state index contributed by atoms with van der Waals surface area (Å²) in [6.07, 6.45) is 91.7. The monoisotopic (exact) mass is 961 g/mol. The highest BCUT2D eigenvalue weighted by molar-refractivity contribution is 5.70. The van der Waals surface area contributed by atoms with Gasteiger partial charge in [0.15, 0.2) is 6.10 Å². The lowest BCUT2D eigenvalue weighted by Gasteiger charge is -2.15. The number of hydrogen-bond donors (Lipinski definition) is 1. The third-order valence-electron chi connectivity index (χ3n) is 11.0. The van der Waals surface area contributed by atoms with Gasteiger partial charge in [0.25, 0.3) is 0 Å². The molecule has 390 valence electrons. The zero-order valence-electron chi connectivity index (χ0n) is 44.5. The predicted molar refractivity (Wildman–Crippen MR) is 306 cm³/mol. The van der Waals surface area contributed by atoms with E-state index in [0.29, 0.717) is 12.8 Å².